The van der Waals surface area contributed by atoms with Gasteiger partial charge in [0.15, 0.2) is 0 Å². The minimum atomic E-state index is 0.0461. The van der Waals surface area contributed by atoms with Crippen LogP contribution in [0.4, 0.5) is 0 Å². The van der Waals surface area contributed by atoms with E-state index >= 15 is 0 Å². The van der Waals surface area contributed by atoms with Gasteiger partial charge in [-0.1, -0.05) is 18.3 Å². The van der Waals surface area contributed by atoms with Crippen molar-refractivity contribution in [1.29, 1.82) is 0 Å². The van der Waals surface area contributed by atoms with Gasteiger partial charge < -0.3 is 10.3 Å². The summed E-state index contributed by atoms with van der Waals surface area (Å²) in [6.45, 7) is 7.39. The molecule has 0 amide bonds. The fourth-order valence-electron chi connectivity index (χ4n) is 2.10. The van der Waals surface area contributed by atoms with Crippen LogP contribution in [0.3, 0.4) is 0 Å². The predicted molar refractivity (Wildman–Crippen MR) is 66.9 cm³/mol. The number of thiazole rings is 1. The monoisotopic (exact) mass is 241 g/mol. The van der Waals surface area contributed by atoms with E-state index in [9.17, 15) is 4.79 Å². The molecule has 2 unspecified atom stereocenters. The average Bonchev–Trinajstić information content (AvgIpc) is 2.67. The lowest BCUT2D eigenvalue weighted by Crippen LogP contribution is -2.54. The van der Waals surface area contributed by atoms with Crippen LogP contribution in [0.2, 0.25) is 0 Å². The van der Waals surface area contributed by atoms with Gasteiger partial charge in [0.25, 0.3) is 0 Å². The van der Waals surface area contributed by atoms with E-state index in [1.807, 2.05) is 5.38 Å². The van der Waals surface area contributed by atoms with Crippen molar-refractivity contribution in [3.63, 3.8) is 0 Å². The van der Waals surface area contributed by atoms with Gasteiger partial charge in [-0.25, -0.2) is 0 Å². The van der Waals surface area contributed by atoms with Crippen molar-refractivity contribution in [1.82, 2.24) is 15.2 Å². The summed E-state index contributed by atoms with van der Waals surface area (Å²) in [6.07, 6.45) is 1.16. The topological polar surface area (TPSA) is 48.1 Å². The van der Waals surface area contributed by atoms with Crippen LogP contribution < -0.4 is 10.2 Å². The lowest BCUT2D eigenvalue weighted by Gasteiger charge is -2.38. The molecule has 90 valence electrons. The molecule has 4 nitrogen and oxygen atoms in total. The predicted octanol–water partition coefficient (Wildman–Crippen LogP) is 1.01. The molecular formula is C11H19N3OS. The molecule has 2 rings (SSSR count). The number of rotatable bonds is 3. The Hall–Kier alpha value is -0.650. The Bertz CT molecular complexity index is 387. The molecular weight excluding hydrogens is 222 g/mol. The summed E-state index contributed by atoms with van der Waals surface area (Å²) in [7, 11) is 0. The molecule has 2 atom stereocenters. The average molecular weight is 241 g/mol. The van der Waals surface area contributed by atoms with E-state index in [2.05, 4.69) is 29.0 Å². The number of nitrogens with zero attached hydrogens (tertiary/aromatic N) is 1. The van der Waals surface area contributed by atoms with Crippen LogP contribution in [0.15, 0.2) is 10.2 Å². The van der Waals surface area contributed by atoms with Gasteiger partial charge in [-0.05, 0) is 13.3 Å². The van der Waals surface area contributed by atoms with Crippen molar-refractivity contribution < 1.29 is 0 Å². The molecule has 0 bridgehead atoms. The molecule has 1 saturated heterocycles. The zero-order valence-corrected chi connectivity index (χ0v) is 10.6. The van der Waals surface area contributed by atoms with Gasteiger partial charge in [0.2, 0.25) is 0 Å². The Morgan fingerprint density at radius 2 is 2.44 bits per heavy atom. The molecule has 5 heteroatoms. The van der Waals surface area contributed by atoms with Crippen LogP contribution in [-0.4, -0.2) is 35.1 Å². The molecule has 1 aromatic rings. The zero-order chi connectivity index (χ0) is 11.5. The summed E-state index contributed by atoms with van der Waals surface area (Å²) in [5.74, 6) is 0. The van der Waals surface area contributed by atoms with Crippen molar-refractivity contribution in [3.05, 3.63) is 20.7 Å². The normalized spacial score (nSPS) is 27.1. The van der Waals surface area contributed by atoms with Crippen LogP contribution in [-0.2, 0) is 6.54 Å². The summed E-state index contributed by atoms with van der Waals surface area (Å²) < 4.78 is 0. The van der Waals surface area contributed by atoms with Gasteiger partial charge in [0.1, 0.15) is 0 Å². The molecule has 16 heavy (non-hydrogen) atoms. The van der Waals surface area contributed by atoms with E-state index in [-0.39, 0.29) is 4.87 Å². The van der Waals surface area contributed by atoms with Gasteiger partial charge in [-0.2, -0.15) is 0 Å². The van der Waals surface area contributed by atoms with Crippen LogP contribution in [0.25, 0.3) is 0 Å². The first-order valence-corrected chi connectivity index (χ1v) is 6.71. The Labute approximate surface area is 99.7 Å². The smallest absolute Gasteiger partial charge is 0.304 e. The lowest BCUT2D eigenvalue weighted by molar-refractivity contribution is 0.130. The maximum Gasteiger partial charge on any atom is 0.304 e. The molecule has 2 heterocycles. The second kappa shape index (κ2) is 5.12. The van der Waals surface area contributed by atoms with E-state index in [4.69, 9.17) is 0 Å². The highest BCUT2D eigenvalue weighted by Crippen LogP contribution is 2.12. The van der Waals surface area contributed by atoms with Crippen molar-refractivity contribution in [2.24, 2.45) is 0 Å². The molecule has 0 radical (unpaired) electrons. The fraction of sp³-hybridized carbons (Fsp3) is 0.727. The highest BCUT2D eigenvalue weighted by Gasteiger charge is 2.23. The summed E-state index contributed by atoms with van der Waals surface area (Å²) in [5, 5.41) is 5.46. The lowest BCUT2D eigenvalue weighted by atomic mass is 10.1. The number of hydrogen-bond donors (Lipinski definition) is 2. The number of H-pyrrole nitrogens is 1. The summed E-state index contributed by atoms with van der Waals surface area (Å²) in [5.41, 5.74) is 1.04. The molecule has 0 spiro atoms. The highest BCUT2D eigenvalue weighted by atomic mass is 32.1. The number of nitrogens with one attached hydrogen (secondary N) is 2. The third-order valence-electron chi connectivity index (χ3n) is 3.22. The Morgan fingerprint density at radius 1 is 1.62 bits per heavy atom. The molecule has 1 aromatic heterocycles. The number of hydrogen-bond acceptors (Lipinski definition) is 4. The van der Waals surface area contributed by atoms with Crippen LogP contribution in [0.5, 0.6) is 0 Å². The molecule has 1 aliphatic rings. The first kappa shape index (κ1) is 11.8. The summed E-state index contributed by atoms with van der Waals surface area (Å²) in [4.78, 5) is 16.4. The second-order valence-electron chi connectivity index (χ2n) is 4.47. The van der Waals surface area contributed by atoms with E-state index in [0.717, 1.165) is 31.7 Å². The maximum atomic E-state index is 11.1. The zero-order valence-electron chi connectivity index (χ0n) is 9.82. The largest absolute Gasteiger partial charge is 0.315 e. The van der Waals surface area contributed by atoms with E-state index in [1.165, 1.54) is 11.3 Å². The fourth-order valence-corrected chi connectivity index (χ4v) is 2.67. The minimum Gasteiger partial charge on any atom is -0.315 e. The second-order valence-corrected chi connectivity index (χ2v) is 5.31. The molecule has 0 aliphatic carbocycles. The van der Waals surface area contributed by atoms with Gasteiger partial charge in [0, 0.05) is 42.8 Å². The van der Waals surface area contributed by atoms with Crippen LogP contribution >= 0.6 is 11.3 Å². The third-order valence-corrected chi connectivity index (χ3v) is 3.94. The Balaban J connectivity index is 1.99. The number of piperazine rings is 1. The molecule has 0 aromatic carbocycles. The third kappa shape index (κ3) is 2.72. The van der Waals surface area contributed by atoms with Gasteiger partial charge in [-0.3, -0.25) is 9.69 Å². The Morgan fingerprint density at radius 3 is 3.06 bits per heavy atom. The first-order valence-electron chi connectivity index (χ1n) is 5.83. The highest BCUT2D eigenvalue weighted by molar-refractivity contribution is 7.07. The quantitative estimate of drug-likeness (QED) is 0.830. The standard InChI is InChI=1S/C11H19N3OS/c1-3-9-5-14(8(2)4-12-9)6-10-7-16-11(15)13-10/h7-9,12H,3-6H2,1-2H3,(H,13,15). The van der Waals surface area contributed by atoms with Gasteiger partial charge >= 0.3 is 4.87 Å². The van der Waals surface area contributed by atoms with E-state index < -0.39 is 0 Å². The summed E-state index contributed by atoms with van der Waals surface area (Å²) >= 11 is 1.25. The van der Waals surface area contributed by atoms with E-state index in [1.54, 1.807) is 0 Å². The molecule has 1 fully saturated rings. The van der Waals surface area contributed by atoms with Gasteiger partial charge in [-0.15, -0.1) is 0 Å². The SMILES string of the molecule is CCC1CN(Cc2csc(=O)[nH]2)C(C)CN1. The van der Waals surface area contributed by atoms with Crippen molar-refractivity contribution >= 4 is 11.3 Å². The van der Waals surface area contributed by atoms with Crippen molar-refractivity contribution in [2.75, 3.05) is 13.1 Å². The number of aromatic amines is 1. The molecule has 0 saturated carbocycles. The molecule has 1 aliphatic heterocycles. The van der Waals surface area contributed by atoms with Crippen LogP contribution in [0, 0.1) is 0 Å². The van der Waals surface area contributed by atoms with E-state index in [0.29, 0.717) is 12.1 Å². The number of aromatic nitrogens is 1. The van der Waals surface area contributed by atoms with Crippen LogP contribution in [0.1, 0.15) is 26.0 Å². The summed E-state index contributed by atoms with van der Waals surface area (Å²) in [6, 6.07) is 1.12. The molecule has 2 N–H and O–H groups in total. The van der Waals surface area contributed by atoms with Crippen molar-refractivity contribution in [2.45, 2.75) is 38.9 Å². The maximum absolute atomic E-state index is 11.1. The minimum absolute atomic E-state index is 0.0461. The van der Waals surface area contributed by atoms with Crippen molar-refractivity contribution in [3.8, 4) is 0 Å². The first-order chi connectivity index (χ1) is 7.69. The Kier molecular flexibility index (Phi) is 3.78. The van der Waals surface area contributed by atoms with Gasteiger partial charge in [0.05, 0.1) is 0 Å².